The Morgan fingerprint density at radius 2 is 1.95 bits per heavy atom. The van der Waals surface area contributed by atoms with Gasteiger partial charge in [0.05, 0.1) is 0 Å². The molecule has 0 bridgehead atoms. The fourth-order valence-electron chi connectivity index (χ4n) is 1.95. The summed E-state index contributed by atoms with van der Waals surface area (Å²) in [6, 6.07) is 6.94. The van der Waals surface area contributed by atoms with Gasteiger partial charge in [-0.25, -0.2) is 4.98 Å². The summed E-state index contributed by atoms with van der Waals surface area (Å²) in [7, 11) is -3.67. The first-order chi connectivity index (χ1) is 9.96. The first-order valence-corrected chi connectivity index (χ1v) is 8.69. The minimum atomic E-state index is -3.67. The lowest BCUT2D eigenvalue weighted by Crippen LogP contribution is -2.13. The van der Waals surface area contributed by atoms with Crippen molar-refractivity contribution in [2.45, 2.75) is 37.7 Å². The number of imidazole rings is 1. The molecule has 0 radical (unpaired) electrons. The normalized spacial score (nSPS) is 11.6. The second kappa shape index (κ2) is 6.49. The van der Waals surface area contributed by atoms with E-state index in [9.17, 15) is 8.42 Å². The number of hydrogen-bond donors (Lipinski definition) is 1. The Morgan fingerprint density at radius 3 is 2.52 bits per heavy atom. The number of nitrogens with zero attached hydrogens (tertiary/aromatic N) is 2. The average molecular weight is 328 g/mol. The maximum absolute atomic E-state index is 12.3. The van der Waals surface area contributed by atoms with E-state index in [1.807, 2.05) is 11.5 Å². The van der Waals surface area contributed by atoms with Crippen LogP contribution >= 0.6 is 11.6 Å². The van der Waals surface area contributed by atoms with E-state index in [0.717, 1.165) is 18.5 Å². The number of hydrogen-bond acceptors (Lipinski definition) is 3. The minimum absolute atomic E-state index is 0.0369. The zero-order chi connectivity index (χ0) is 15.5. The number of halogens is 1. The molecule has 0 atom stereocenters. The van der Waals surface area contributed by atoms with Gasteiger partial charge in [-0.1, -0.05) is 19.1 Å². The number of nitrogens with one attached hydrogen (secondary N) is 1. The summed E-state index contributed by atoms with van der Waals surface area (Å²) >= 11 is 5.71. The third-order valence-electron chi connectivity index (χ3n) is 3.05. The molecule has 2 rings (SSSR count). The van der Waals surface area contributed by atoms with Crippen LogP contribution in [0.2, 0.25) is 0 Å². The minimum Gasteiger partial charge on any atom is -0.334 e. The Kier molecular flexibility index (Phi) is 4.90. The van der Waals surface area contributed by atoms with Crippen LogP contribution < -0.4 is 4.72 Å². The van der Waals surface area contributed by atoms with Crippen LogP contribution in [0.25, 0.3) is 0 Å². The molecule has 0 aliphatic heterocycles. The van der Waals surface area contributed by atoms with Gasteiger partial charge in [0.15, 0.2) is 5.03 Å². The van der Waals surface area contributed by atoms with Gasteiger partial charge in [-0.2, -0.15) is 8.42 Å². The predicted octanol–water partition coefficient (Wildman–Crippen LogP) is 3.14. The number of alkyl halides is 1. The van der Waals surface area contributed by atoms with E-state index in [-0.39, 0.29) is 5.03 Å². The first kappa shape index (κ1) is 15.9. The van der Waals surface area contributed by atoms with E-state index in [2.05, 4.69) is 9.71 Å². The van der Waals surface area contributed by atoms with Gasteiger partial charge in [0.1, 0.15) is 5.82 Å². The van der Waals surface area contributed by atoms with E-state index in [1.54, 1.807) is 37.4 Å². The van der Waals surface area contributed by atoms with Crippen molar-refractivity contribution in [2.75, 3.05) is 4.72 Å². The van der Waals surface area contributed by atoms with Crippen LogP contribution in [0, 0.1) is 6.92 Å². The lowest BCUT2D eigenvalue weighted by Gasteiger charge is -2.06. The Morgan fingerprint density at radius 1 is 1.29 bits per heavy atom. The molecule has 0 unspecified atom stereocenters. The zero-order valence-electron chi connectivity index (χ0n) is 12.0. The fourth-order valence-corrected chi connectivity index (χ4v) is 3.19. The van der Waals surface area contributed by atoms with E-state index in [0.29, 0.717) is 17.4 Å². The summed E-state index contributed by atoms with van der Waals surface area (Å²) in [4.78, 5) is 4.12. The van der Waals surface area contributed by atoms with Crippen LogP contribution in [0.5, 0.6) is 0 Å². The molecule has 5 nitrogen and oxygen atoms in total. The van der Waals surface area contributed by atoms with Crippen molar-refractivity contribution in [1.29, 1.82) is 0 Å². The number of anilines is 1. The average Bonchev–Trinajstić information content (AvgIpc) is 2.82. The molecule has 0 spiro atoms. The second-order valence-electron chi connectivity index (χ2n) is 4.76. The topological polar surface area (TPSA) is 64.0 Å². The van der Waals surface area contributed by atoms with Crippen molar-refractivity contribution in [3.63, 3.8) is 0 Å². The number of benzene rings is 1. The zero-order valence-corrected chi connectivity index (χ0v) is 13.6. The summed E-state index contributed by atoms with van der Waals surface area (Å²) in [6.07, 6.45) is 2.48. The van der Waals surface area contributed by atoms with Gasteiger partial charge < -0.3 is 4.57 Å². The van der Waals surface area contributed by atoms with Crippen LogP contribution in [0.15, 0.2) is 35.5 Å². The molecule has 0 saturated heterocycles. The van der Waals surface area contributed by atoms with Gasteiger partial charge in [-0.3, -0.25) is 4.72 Å². The molecule has 0 aliphatic rings. The summed E-state index contributed by atoms with van der Waals surface area (Å²) in [5, 5.41) is 0.0369. The first-order valence-electron chi connectivity index (χ1n) is 6.67. The van der Waals surface area contributed by atoms with Crippen LogP contribution in [0.4, 0.5) is 5.69 Å². The van der Waals surface area contributed by atoms with E-state index in [4.69, 9.17) is 11.6 Å². The van der Waals surface area contributed by atoms with Crippen LogP contribution in [-0.2, 0) is 22.4 Å². The highest BCUT2D eigenvalue weighted by Gasteiger charge is 2.19. The maximum Gasteiger partial charge on any atom is 0.280 e. The molecule has 7 heteroatoms. The van der Waals surface area contributed by atoms with Crippen molar-refractivity contribution in [3.05, 3.63) is 41.9 Å². The van der Waals surface area contributed by atoms with Crippen molar-refractivity contribution in [2.24, 2.45) is 0 Å². The molecule has 1 N–H and O–H groups in total. The molecule has 1 aromatic carbocycles. The van der Waals surface area contributed by atoms with Crippen molar-refractivity contribution >= 4 is 27.3 Å². The Balaban J connectivity index is 2.22. The molecule has 21 heavy (non-hydrogen) atoms. The molecule has 0 amide bonds. The smallest absolute Gasteiger partial charge is 0.280 e. The number of aryl methyl sites for hydroxylation is 2. The Labute approximate surface area is 130 Å². The van der Waals surface area contributed by atoms with Crippen molar-refractivity contribution in [3.8, 4) is 0 Å². The number of aromatic nitrogens is 2. The van der Waals surface area contributed by atoms with Gasteiger partial charge >= 0.3 is 0 Å². The van der Waals surface area contributed by atoms with Crippen molar-refractivity contribution < 1.29 is 8.42 Å². The maximum atomic E-state index is 12.3. The van der Waals surface area contributed by atoms with Gasteiger partial charge in [-0.15, -0.1) is 11.6 Å². The molecule has 114 valence electrons. The number of rotatable bonds is 6. The number of sulfonamides is 1. The van der Waals surface area contributed by atoms with Gasteiger partial charge in [0.2, 0.25) is 0 Å². The van der Waals surface area contributed by atoms with Gasteiger partial charge in [0, 0.05) is 24.3 Å². The Bertz CT molecular complexity index is 708. The molecular formula is C14H18ClN3O2S. The SMILES string of the molecule is CCCn1cc(S(=O)(=O)Nc2ccc(CCl)cc2)nc1C. The summed E-state index contributed by atoms with van der Waals surface area (Å²) in [6.45, 7) is 4.58. The fraction of sp³-hybridized carbons (Fsp3) is 0.357. The van der Waals surface area contributed by atoms with E-state index >= 15 is 0 Å². The summed E-state index contributed by atoms with van der Waals surface area (Å²) in [5.74, 6) is 1.09. The lowest BCUT2D eigenvalue weighted by atomic mass is 10.2. The quantitative estimate of drug-likeness (QED) is 0.829. The van der Waals surface area contributed by atoms with Gasteiger partial charge in [-0.05, 0) is 31.0 Å². The lowest BCUT2D eigenvalue weighted by molar-refractivity contribution is 0.597. The highest BCUT2D eigenvalue weighted by atomic mass is 35.5. The van der Waals surface area contributed by atoms with E-state index < -0.39 is 10.0 Å². The monoisotopic (exact) mass is 327 g/mol. The van der Waals surface area contributed by atoms with Crippen LogP contribution in [-0.4, -0.2) is 18.0 Å². The third kappa shape index (κ3) is 3.77. The highest BCUT2D eigenvalue weighted by Crippen LogP contribution is 2.17. The highest BCUT2D eigenvalue weighted by molar-refractivity contribution is 7.92. The standard InChI is InChI=1S/C14H18ClN3O2S/c1-3-8-18-10-14(16-11(18)2)21(19,20)17-13-6-4-12(9-15)5-7-13/h4-7,10,17H,3,8-9H2,1-2H3. The molecule has 0 aliphatic carbocycles. The summed E-state index contributed by atoms with van der Waals surface area (Å²) < 4.78 is 29.0. The second-order valence-corrected chi connectivity index (χ2v) is 6.65. The predicted molar refractivity (Wildman–Crippen MR) is 84.1 cm³/mol. The molecule has 0 saturated carbocycles. The van der Waals surface area contributed by atoms with Crippen molar-refractivity contribution in [1.82, 2.24) is 9.55 Å². The molecule has 2 aromatic rings. The third-order valence-corrected chi connectivity index (χ3v) is 4.61. The molecular weight excluding hydrogens is 310 g/mol. The van der Waals surface area contributed by atoms with Gasteiger partial charge in [0.25, 0.3) is 10.0 Å². The molecule has 1 heterocycles. The van der Waals surface area contributed by atoms with Crippen LogP contribution in [0.3, 0.4) is 0 Å². The summed E-state index contributed by atoms with van der Waals surface area (Å²) in [5.41, 5.74) is 1.43. The molecule has 1 aromatic heterocycles. The van der Waals surface area contributed by atoms with E-state index in [1.165, 1.54) is 0 Å². The van der Waals surface area contributed by atoms with Crippen LogP contribution in [0.1, 0.15) is 24.7 Å². The largest absolute Gasteiger partial charge is 0.334 e. The Hall–Kier alpha value is -1.53. The molecule has 0 fully saturated rings.